The molecule has 1 aliphatic rings. The van der Waals surface area contributed by atoms with Gasteiger partial charge in [-0.05, 0) is 38.8 Å². The van der Waals surface area contributed by atoms with Gasteiger partial charge < -0.3 is 5.32 Å². The average molecular weight is 214 g/mol. The number of nitrogens with zero attached hydrogens (tertiary/aromatic N) is 1. The lowest BCUT2D eigenvalue weighted by molar-refractivity contribution is 0.233. The minimum absolute atomic E-state index is 0.0455. The Bertz CT molecular complexity index is 402. The molecule has 1 unspecified atom stereocenters. The Labute approximate surface area is 97.3 Å². The van der Waals surface area contributed by atoms with E-state index in [1.54, 1.807) is 0 Å². The van der Waals surface area contributed by atoms with Crippen molar-refractivity contribution in [3.8, 4) is 6.07 Å². The fraction of sp³-hybridized carbons (Fsp3) is 0.500. The lowest BCUT2D eigenvalue weighted by Gasteiger charge is -2.41. The van der Waals surface area contributed by atoms with Crippen LogP contribution in [0.15, 0.2) is 30.3 Å². The first-order valence-corrected chi connectivity index (χ1v) is 5.80. The van der Waals surface area contributed by atoms with Crippen molar-refractivity contribution < 1.29 is 0 Å². The molecule has 0 spiro atoms. The summed E-state index contributed by atoms with van der Waals surface area (Å²) in [6.45, 7) is 5.25. The predicted molar refractivity (Wildman–Crippen MR) is 65.0 cm³/mol. The molecular weight excluding hydrogens is 196 g/mol. The van der Waals surface area contributed by atoms with Crippen molar-refractivity contribution in [2.24, 2.45) is 0 Å². The number of nitriles is 1. The van der Waals surface area contributed by atoms with Crippen molar-refractivity contribution in [3.05, 3.63) is 35.9 Å². The van der Waals surface area contributed by atoms with Crippen molar-refractivity contribution in [1.29, 1.82) is 5.26 Å². The summed E-state index contributed by atoms with van der Waals surface area (Å²) in [4.78, 5) is 0. The van der Waals surface area contributed by atoms with E-state index in [0.717, 1.165) is 24.9 Å². The van der Waals surface area contributed by atoms with Crippen LogP contribution in [-0.2, 0) is 5.41 Å². The van der Waals surface area contributed by atoms with Crippen LogP contribution in [0.25, 0.3) is 0 Å². The number of nitrogens with one attached hydrogen (secondary N) is 1. The Hall–Kier alpha value is -1.33. The minimum Gasteiger partial charge on any atom is -0.312 e. The number of piperidine rings is 1. The highest BCUT2D eigenvalue weighted by atomic mass is 15.0. The van der Waals surface area contributed by atoms with Crippen LogP contribution in [-0.4, -0.2) is 12.1 Å². The van der Waals surface area contributed by atoms with Crippen LogP contribution >= 0.6 is 0 Å². The Balaban J connectivity index is 2.38. The Morgan fingerprint density at radius 3 is 2.50 bits per heavy atom. The standard InChI is InChI=1S/C14H18N2/c1-13(2)10-14(11-15,8-9-16-13)12-6-4-3-5-7-12/h3-7,16H,8-10H2,1-2H3. The molecular formula is C14H18N2. The van der Waals surface area contributed by atoms with Crippen LogP contribution in [0.5, 0.6) is 0 Å². The molecule has 1 aliphatic heterocycles. The third-order valence-electron chi connectivity index (χ3n) is 3.44. The summed E-state index contributed by atoms with van der Waals surface area (Å²) in [5, 5.41) is 13.0. The van der Waals surface area contributed by atoms with E-state index in [9.17, 15) is 5.26 Å². The van der Waals surface area contributed by atoms with Gasteiger partial charge in [-0.25, -0.2) is 0 Å². The van der Waals surface area contributed by atoms with Crippen LogP contribution in [0.2, 0.25) is 0 Å². The predicted octanol–water partition coefficient (Wildman–Crippen LogP) is 2.61. The quantitative estimate of drug-likeness (QED) is 0.780. The number of benzene rings is 1. The molecule has 1 atom stereocenters. The fourth-order valence-corrected chi connectivity index (χ4v) is 2.68. The Kier molecular flexibility index (Phi) is 2.73. The van der Waals surface area contributed by atoms with Crippen molar-refractivity contribution in [2.45, 2.75) is 37.6 Å². The lowest BCUT2D eigenvalue weighted by atomic mass is 9.68. The van der Waals surface area contributed by atoms with Crippen molar-refractivity contribution >= 4 is 0 Å². The minimum atomic E-state index is -0.310. The number of hydrogen-bond acceptors (Lipinski definition) is 2. The second-order valence-electron chi connectivity index (χ2n) is 5.30. The smallest absolute Gasteiger partial charge is 0.0851 e. The van der Waals surface area contributed by atoms with Gasteiger partial charge in [-0.2, -0.15) is 5.26 Å². The van der Waals surface area contributed by atoms with E-state index < -0.39 is 0 Å². The summed E-state index contributed by atoms with van der Waals surface area (Å²) in [5.41, 5.74) is 0.895. The zero-order chi connectivity index (χ0) is 11.6. The summed E-state index contributed by atoms with van der Waals surface area (Å²) in [7, 11) is 0. The van der Waals surface area contributed by atoms with Crippen LogP contribution in [0.4, 0.5) is 0 Å². The highest BCUT2D eigenvalue weighted by molar-refractivity contribution is 5.34. The molecule has 0 bridgehead atoms. The topological polar surface area (TPSA) is 35.8 Å². The highest BCUT2D eigenvalue weighted by Crippen LogP contribution is 2.38. The summed E-state index contributed by atoms with van der Waals surface area (Å²) in [5.74, 6) is 0. The second-order valence-corrected chi connectivity index (χ2v) is 5.30. The van der Waals surface area contributed by atoms with Crippen molar-refractivity contribution in [3.63, 3.8) is 0 Å². The van der Waals surface area contributed by atoms with Gasteiger partial charge in [0.2, 0.25) is 0 Å². The highest BCUT2D eigenvalue weighted by Gasteiger charge is 2.41. The molecule has 0 amide bonds. The molecule has 0 radical (unpaired) electrons. The number of hydrogen-bond donors (Lipinski definition) is 1. The maximum Gasteiger partial charge on any atom is 0.0851 e. The monoisotopic (exact) mass is 214 g/mol. The van der Waals surface area contributed by atoms with Gasteiger partial charge in [0.15, 0.2) is 0 Å². The summed E-state index contributed by atoms with van der Waals surface area (Å²) >= 11 is 0. The van der Waals surface area contributed by atoms with Crippen LogP contribution in [0, 0.1) is 11.3 Å². The van der Waals surface area contributed by atoms with E-state index in [2.05, 4.69) is 37.4 Å². The molecule has 1 heterocycles. The van der Waals surface area contributed by atoms with Crippen molar-refractivity contribution in [2.75, 3.05) is 6.54 Å². The molecule has 1 N–H and O–H groups in total. The fourth-order valence-electron chi connectivity index (χ4n) is 2.68. The second kappa shape index (κ2) is 3.92. The maximum absolute atomic E-state index is 9.55. The van der Waals surface area contributed by atoms with Gasteiger partial charge in [-0.3, -0.25) is 0 Å². The summed E-state index contributed by atoms with van der Waals surface area (Å²) in [6, 6.07) is 12.7. The first-order chi connectivity index (χ1) is 7.58. The Morgan fingerprint density at radius 1 is 1.25 bits per heavy atom. The van der Waals surface area contributed by atoms with Gasteiger partial charge in [0.1, 0.15) is 0 Å². The van der Waals surface area contributed by atoms with Gasteiger partial charge in [0.25, 0.3) is 0 Å². The molecule has 1 fully saturated rings. The third-order valence-corrected chi connectivity index (χ3v) is 3.44. The molecule has 1 saturated heterocycles. The van der Waals surface area contributed by atoms with E-state index in [1.807, 2.05) is 18.2 Å². The average Bonchev–Trinajstić information content (AvgIpc) is 2.29. The number of rotatable bonds is 1. The van der Waals surface area contributed by atoms with Crippen LogP contribution in [0.1, 0.15) is 32.3 Å². The van der Waals surface area contributed by atoms with E-state index in [0.29, 0.717) is 0 Å². The molecule has 16 heavy (non-hydrogen) atoms. The van der Waals surface area contributed by atoms with E-state index in [4.69, 9.17) is 0 Å². The van der Waals surface area contributed by atoms with E-state index in [1.165, 1.54) is 0 Å². The van der Waals surface area contributed by atoms with E-state index >= 15 is 0 Å². The summed E-state index contributed by atoms with van der Waals surface area (Å²) < 4.78 is 0. The maximum atomic E-state index is 9.55. The van der Waals surface area contributed by atoms with Gasteiger partial charge in [0.05, 0.1) is 11.5 Å². The molecule has 1 aromatic rings. The molecule has 2 rings (SSSR count). The van der Waals surface area contributed by atoms with Gasteiger partial charge in [-0.15, -0.1) is 0 Å². The van der Waals surface area contributed by atoms with Crippen LogP contribution < -0.4 is 5.32 Å². The largest absolute Gasteiger partial charge is 0.312 e. The zero-order valence-corrected chi connectivity index (χ0v) is 9.96. The molecule has 84 valence electrons. The van der Waals surface area contributed by atoms with E-state index in [-0.39, 0.29) is 11.0 Å². The normalized spacial score (nSPS) is 28.3. The van der Waals surface area contributed by atoms with Gasteiger partial charge in [-0.1, -0.05) is 30.3 Å². The molecule has 0 aliphatic carbocycles. The lowest BCUT2D eigenvalue weighted by Crippen LogP contribution is -2.52. The molecule has 2 nitrogen and oxygen atoms in total. The molecule has 0 aromatic heterocycles. The molecule has 2 heteroatoms. The SMILES string of the molecule is CC1(C)CC(C#N)(c2ccccc2)CCN1. The van der Waals surface area contributed by atoms with Gasteiger partial charge >= 0.3 is 0 Å². The van der Waals surface area contributed by atoms with Crippen molar-refractivity contribution in [1.82, 2.24) is 5.32 Å². The Morgan fingerprint density at radius 2 is 1.94 bits per heavy atom. The molecule has 1 aromatic carbocycles. The third kappa shape index (κ3) is 1.96. The zero-order valence-electron chi connectivity index (χ0n) is 9.96. The van der Waals surface area contributed by atoms with Gasteiger partial charge in [0, 0.05) is 5.54 Å². The first kappa shape index (κ1) is 11.2. The summed E-state index contributed by atoms with van der Waals surface area (Å²) in [6.07, 6.45) is 1.78. The first-order valence-electron chi connectivity index (χ1n) is 5.80. The molecule has 0 saturated carbocycles. The van der Waals surface area contributed by atoms with Crippen LogP contribution in [0.3, 0.4) is 0 Å².